The number of aromatic nitrogens is 1. The Morgan fingerprint density at radius 3 is 2.74 bits per heavy atom. The minimum atomic E-state index is -0.884. The highest BCUT2D eigenvalue weighted by atomic mass is 32.1. The molecule has 2 aromatic rings. The summed E-state index contributed by atoms with van der Waals surface area (Å²) in [5.41, 5.74) is 7.29. The smallest absolute Gasteiger partial charge is 0.312 e. The van der Waals surface area contributed by atoms with Crippen molar-refractivity contribution in [2.45, 2.75) is 44.6 Å². The molecule has 1 aromatic carbocycles. The first-order valence-corrected chi connectivity index (χ1v) is 10.4. The monoisotopic (exact) mass is 387 g/mol. The lowest BCUT2D eigenvalue weighted by molar-refractivity contribution is -0.147. The number of benzene rings is 1. The van der Waals surface area contributed by atoms with Gasteiger partial charge in [0.15, 0.2) is 0 Å². The highest BCUT2D eigenvalue weighted by molar-refractivity contribution is 7.18. The van der Waals surface area contributed by atoms with E-state index in [1.165, 1.54) is 5.01 Å². The van der Waals surface area contributed by atoms with E-state index >= 15 is 0 Å². The molecule has 27 heavy (non-hydrogen) atoms. The maximum absolute atomic E-state index is 12.3. The molecule has 0 unspecified atom stereocenters. The molecule has 0 saturated carbocycles. The Kier molecular flexibility index (Phi) is 5.14. The average Bonchev–Trinajstić information content (AvgIpc) is 3.11. The van der Waals surface area contributed by atoms with Crippen LogP contribution in [0.4, 0.5) is 0 Å². The van der Waals surface area contributed by atoms with Crippen LogP contribution in [0.5, 0.6) is 0 Å². The molecule has 2 aliphatic rings. The molecule has 0 radical (unpaired) electrons. The van der Waals surface area contributed by atoms with Crippen LogP contribution in [-0.4, -0.2) is 41.5 Å². The van der Waals surface area contributed by atoms with Crippen LogP contribution in [0.15, 0.2) is 18.2 Å². The molecule has 2 amide bonds. The van der Waals surface area contributed by atoms with Gasteiger partial charge in [-0.3, -0.25) is 9.59 Å². The van der Waals surface area contributed by atoms with Crippen molar-refractivity contribution in [2.75, 3.05) is 19.8 Å². The standard InChI is InChI=1S/C20H25N3O3S/c1-12-2-4-16(23(11-12)20(25)18(21)24)14-3-5-17-15(10-14)22-19(27-17)13-6-8-26-9-7-13/h3,5,10,12-13,16H,2,4,6-9,11H2,1H3,(H2,21,24)/t12-,16+/m0/s1. The summed E-state index contributed by atoms with van der Waals surface area (Å²) >= 11 is 1.75. The first-order valence-electron chi connectivity index (χ1n) is 9.61. The van der Waals surface area contributed by atoms with E-state index in [0.29, 0.717) is 18.4 Å². The number of rotatable bonds is 2. The second-order valence-electron chi connectivity index (χ2n) is 7.69. The van der Waals surface area contributed by atoms with Gasteiger partial charge in [0.05, 0.1) is 21.3 Å². The Morgan fingerprint density at radius 2 is 2.00 bits per heavy atom. The van der Waals surface area contributed by atoms with Gasteiger partial charge in [0, 0.05) is 25.7 Å². The number of piperidine rings is 1. The number of hydrogen-bond acceptors (Lipinski definition) is 5. The largest absolute Gasteiger partial charge is 0.381 e. The van der Waals surface area contributed by atoms with Crippen LogP contribution >= 0.6 is 11.3 Å². The quantitative estimate of drug-likeness (QED) is 0.803. The Balaban J connectivity index is 1.63. The molecule has 6 nitrogen and oxygen atoms in total. The molecule has 4 rings (SSSR count). The van der Waals surface area contributed by atoms with Crippen molar-refractivity contribution in [2.24, 2.45) is 11.7 Å². The van der Waals surface area contributed by atoms with Crippen molar-refractivity contribution in [3.63, 3.8) is 0 Å². The number of carbonyl (C=O) groups is 2. The van der Waals surface area contributed by atoms with E-state index in [2.05, 4.69) is 25.1 Å². The highest BCUT2D eigenvalue weighted by Gasteiger charge is 2.33. The maximum atomic E-state index is 12.3. The molecule has 1 aromatic heterocycles. The molecule has 2 aliphatic heterocycles. The van der Waals surface area contributed by atoms with Crippen LogP contribution in [0.3, 0.4) is 0 Å². The van der Waals surface area contributed by atoms with Gasteiger partial charge in [-0.15, -0.1) is 11.3 Å². The molecule has 144 valence electrons. The molecule has 0 aliphatic carbocycles. The molecule has 7 heteroatoms. The van der Waals surface area contributed by atoms with E-state index in [0.717, 1.165) is 54.7 Å². The summed E-state index contributed by atoms with van der Waals surface area (Å²) in [5.74, 6) is -0.630. The molecule has 3 heterocycles. The molecule has 2 fully saturated rings. The van der Waals surface area contributed by atoms with Crippen molar-refractivity contribution in [1.82, 2.24) is 9.88 Å². The Labute approximate surface area is 162 Å². The Morgan fingerprint density at radius 1 is 1.22 bits per heavy atom. The summed E-state index contributed by atoms with van der Waals surface area (Å²) in [7, 11) is 0. The number of amides is 2. The van der Waals surface area contributed by atoms with E-state index in [-0.39, 0.29) is 6.04 Å². The number of carbonyl (C=O) groups excluding carboxylic acids is 2. The lowest BCUT2D eigenvalue weighted by Gasteiger charge is -2.38. The van der Waals surface area contributed by atoms with Gasteiger partial charge in [-0.2, -0.15) is 0 Å². The zero-order valence-corrected chi connectivity index (χ0v) is 16.3. The van der Waals surface area contributed by atoms with E-state index in [4.69, 9.17) is 15.5 Å². The molecule has 2 atom stereocenters. The zero-order valence-electron chi connectivity index (χ0n) is 15.5. The fourth-order valence-corrected chi connectivity index (χ4v) is 5.27. The van der Waals surface area contributed by atoms with Gasteiger partial charge in [-0.05, 0) is 49.3 Å². The number of nitrogens with zero attached hydrogens (tertiary/aromatic N) is 2. The van der Waals surface area contributed by atoms with Crippen molar-refractivity contribution in [3.05, 3.63) is 28.8 Å². The number of nitrogens with two attached hydrogens (primary N) is 1. The van der Waals surface area contributed by atoms with Crippen LogP contribution in [0.1, 0.15) is 55.1 Å². The summed E-state index contributed by atoms with van der Waals surface area (Å²) in [4.78, 5) is 30.3. The van der Waals surface area contributed by atoms with E-state index < -0.39 is 11.8 Å². The van der Waals surface area contributed by atoms with E-state index in [1.807, 2.05) is 0 Å². The normalized spacial score (nSPS) is 24.3. The second kappa shape index (κ2) is 7.56. The third-order valence-electron chi connectivity index (χ3n) is 5.67. The van der Waals surface area contributed by atoms with E-state index in [1.54, 1.807) is 16.2 Å². The number of thiazole rings is 1. The summed E-state index contributed by atoms with van der Waals surface area (Å²) in [6.45, 7) is 4.27. The maximum Gasteiger partial charge on any atom is 0.312 e. The third-order valence-corrected chi connectivity index (χ3v) is 6.87. The average molecular weight is 388 g/mol. The summed E-state index contributed by atoms with van der Waals surface area (Å²) < 4.78 is 6.62. The van der Waals surface area contributed by atoms with Crippen molar-refractivity contribution in [3.8, 4) is 0 Å². The summed E-state index contributed by atoms with van der Waals surface area (Å²) in [6.07, 6.45) is 3.90. The fourth-order valence-electron chi connectivity index (χ4n) is 4.15. The Hall–Kier alpha value is -1.99. The minimum absolute atomic E-state index is 0.112. The number of ether oxygens (including phenoxy) is 1. The van der Waals surface area contributed by atoms with Gasteiger partial charge in [0.1, 0.15) is 0 Å². The minimum Gasteiger partial charge on any atom is -0.381 e. The topological polar surface area (TPSA) is 85.5 Å². The Bertz CT molecular complexity index is 859. The first-order chi connectivity index (χ1) is 13.0. The van der Waals surface area contributed by atoms with Gasteiger partial charge in [-0.1, -0.05) is 13.0 Å². The fraction of sp³-hybridized carbons (Fsp3) is 0.550. The van der Waals surface area contributed by atoms with Gasteiger partial charge < -0.3 is 15.4 Å². The molecular formula is C20H25N3O3S. The van der Waals surface area contributed by atoms with Crippen molar-refractivity contribution >= 4 is 33.4 Å². The number of fused-ring (bicyclic) bond motifs is 1. The van der Waals surface area contributed by atoms with Crippen molar-refractivity contribution in [1.29, 1.82) is 0 Å². The molecule has 0 bridgehead atoms. The van der Waals surface area contributed by atoms with Gasteiger partial charge in [-0.25, -0.2) is 4.98 Å². The summed E-state index contributed by atoms with van der Waals surface area (Å²) in [6, 6.07) is 6.13. The molecular weight excluding hydrogens is 362 g/mol. The predicted octanol–water partition coefficient (Wildman–Crippen LogP) is 2.98. The second-order valence-corrected chi connectivity index (χ2v) is 8.75. The molecule has 2 saturated heterocycles. The third kappa shape index (κ3) is 3.71. The van der Waals surface area contributed by atoms with Crippen molar-refractivity contribution < 1.29 is 14.3 Å². The van der Waals surface area contributed by atoms with Crippen LogP contribution in [0, 0.1) is 5.92 Å². The number of primary amides is 1. The van der Waals surface area contributed by atoms with Gasteiger partial charge >= 0.3 is 11.8 Å². The number of hydrogen-bond donors (Lipinski definition) is 1. The van der Waals surface area contributed by atoms with Gasteiger partial charge in [0.25, 0.3) is 0 Å². The van der Waals surface area contributed by atoms with Crippen LogP contribution < -0.4 is 5.73 Å². The van der Waals surface area contributed by atoms with Crippen LogP contribution in [0.2, 0.25) is 0 Å². The number of likely N-dealkylation sites (tertiary alicyclic amines) is 1. The van der Waals surface area contributed by atoms with E-state index in [9.17, 15) is 9.59 Å². The molecule has 0 spiro atoms. The van der Waals surface area contributed by atoms with Crippen LogP contribution in [0.25, 0.3) is 10.2 Å². The van der Waals surface area contributed by atoms with Gasteiger partial charge in [0.2, 0.25) is 0 Å². The lowest BCUT2D eigenvalue weighted by atomic mass is 9.89. The van der Waals surface area contributed by atoms with Crippen LogP contribution in [-0.2, 0) is 14.3 Å². The lowest BCUT2D eigenvalue weighted by Crippen LogP contribution is -2.46. The summed E-state index contributed by atoms with van der Waals surface area (Å²) in [5, 5.41) is 1.17. The SMILES string of the molecule is C[C@H]1CC[C@H](c2ccc3sc(C4CCOCC4)nc3c2)N(C(=O)C(N)=O)C1. The first kappa shape index (κ1) is 18.4. The highest BCUT2D eigenvalue weighted by Crippen LogP contribution is 2.37. The predicted molar refractivity (Wildman–Crippen MR) is 104 cm³/mol. The molecule has 2 N–H and O–H groups in total. The zero-order chi connectivity index (χ0) is 19.0.